The molecule has 236 valence electrons. The molecule has 20 heteroatoms. The van der Waals surface area contributed by atoms with Crippen molar-refractivity contribution < 1.29 is 36.6 Å². The van der Waals surface area contributed by atoms with E-state index in [-0.39, 0.29) is 42.4 Å². The molecule has 2 heterocycles. The molecule has 0 unspecified atom stereocenters. The summed E-state index contributed by atoms with van der Waals surface area (Å²) in [4.78, 5) is 32.0. The molecule has 0 spiro atoms. The summed E-state index contributed by atoms with van der Waals surface area (Å²) < 4.78 is 61.4. The summed E-state index contributed by atoms with van der Waals surface area (Å²) in [7, 11) is -0.707. The van der Waals surface area contributed by atoms with E-state index in [9.17, 15) is 31.9 Å². The van der Waals surface area contributed by atoms with E-state index in [1.807, 2.05) is 0 Å². The molecular weight excluding hydrogens is 693 g/mol. The number of methoxy groups -OCH3 is 2. The van der Waals surface area contributed by atoms with E-state index < -0.39 is 28.2 Å². The van der Waals surface area contributed by atoms with Crippen molar-refractivity contribution in [3.63, 3.8) is 0 Å². The lowest BCUT2D eigenvalue weighted by Crippen LogP contribution is -2.25. The van der Waals surface area contributed by atoms with Crippen LogP contribution >= 0.6 is 46.6 Å². The highest BCUT2D eigenvalue weighted by atomic mass is 35.5. The number of nitrogens with zero attached hydrogens (tertiary/aromatic N) is 5. The van der Waals surface area contributed by atoms with Gasteiger partial charge < -0.3 is 14.6 Å². The van der Waals surface area contributed by atoms with Crippen LogP contribution in [0.1, 0.15) is 22.7 Å². The maximum absolute atomic E-state index is 12.8. The molecule has 0 aliphatic rings. The molecule has 0 fully saturated rings. The predicted octanol–water partition coefficient (Wildman–Crippen LogP) is 5.41. The van der Waals surface area contributed by atoms with Crippen LogP contribution in [0.25, 0.3) is 5.69 Å². The minimum absolute atomic E-state index is 0.00885. The van der Waals surface area contributed by atoms with Crippen LogP contribution in [-0.2, 0) is 10.0 Å². The Morgan fingerprint density at radius 1 is 1.05 bits per heavy atom. The van der Waals surface area contributed by atoms with Crippen molar-refractivity contribution >= 4 is 68.2 Å². The van der Waals surface area contributed by atoms with Gasteiger partial charge in [-0.25, -0.2) is 22.6 Å². The van der Waals surface area contributed by atoms with Gasteiger partial charge in [0.1, 0.15) is 5.82 Å². The maximum Gasteiger partial charge on any atom is 0.355 e. The van der Waals surface area contributed by atoms with Crippen molar-refractivity contribution in [3.05, 3.63) is 73.3 Å². The van der Waals surface area contributed by atoms with Gasteiger partial charge in [-0.1, -0.05) is 40.9 Å². The maximum atomic E-state index is 12.8. The number of aromatic carboxylic acids is 1. The van der Waals surface area contributed by atoms with Gasteiger partial charge in [-0.3, -0.25) is 4.72 Å². The van der Waals surface area contributed by atoms with E-state index in [0.29, 0.717) is 26.5 Å². The van der Waals surface area contributed by atoms with Gasteiger partial charge in [-0.15, -0.1) is 5.10 Å². The lowest BCUT2D eigenvalue weighted by molar-refractivity contribution is 0.0639. The van der Waals surface area contributed by atoms with E-state index in [4.69, 9.17) is 44.3 Å². The number of nitrogens with one attached hydrogen (secondary N) is 1. The number of ether oxygens (including phenoxy) is 2. The van der Waals surface area contributed by atoms with Crippen molar-refractivity contribution in [1.82, 2.24) is 24.3 Å². The number of anilines is 1. The van der Waals surface area contributed by atoms with Crippen molar-refractivity contribution in [2.24, 2.45) is 0 Å². The molecule has 0 aliphatic carbocycles. The second-order valence-electron chi connectivity index (χ2n) is 8.30. The van der Waals surface area contributed by atoms with Gasteiger partial charge in [0, 0.05) is 4.90 Å². The fourth-order valence-corrected chi connectivity index (χ4v) is 5.73. The van der Waals surface area contributed by atoms with Crippen LogP contribution in [0.4, 0.5) is 14.5 Å². The minimum Gasteiger partial charge on any atom is -0.481 e. The molecule has 2 N–H and O–H groups in total. The molecule has 0 radical (unpaired) electrons. The highest BCUT2D eigenvalue weighted by Crippen LogP contribution is 2.34. The summed E-state index contributed by atoms with van der Waals surface area (Å²) in [6.07, 6.45) is 0.902. The van der Waals surface area contributed by atoms with E-state index >= 15 is 0 Å². The first-order valence-corrected chi connectivity index (χ1v) is 15.5. The summed E-state index contributed by atoms with van der Waals surface area (Å²) in [6, 6.07) is 8.65. The summed E-state index contributed by atoms with van der Waals surface area (Å²) in [5.74, 6) is -0.696. The van der Waals surface area contributed by atoms with E-state index in [1.165, 1.54) is 39.3 Å². The molecular formula is C24H21Cl3F2N6O7S2. The Kier molecular flexibility index (Phi) is 11.4. The Morgan fingerprint density at radius 2 is 1.66 bits per heavy atom. The van der Waals surface area contributed by atoms with Gasteiger partial charge in [0.05, 0.1) is 58.5 Å². The molecule has 0 saturated heterocycles. The van der Waals surface area contributed by atoms with E-state index in [1.54, 1.807) is 12.1 Å². The summed E-state index contributed by atoms with van der Waals surface area (Å²) in [5, 5.41) is 13.3. The zero-order valence-corrected chi connectivity index (χ0v) is 26.8. The fraction of sp³-hybridized carbons (Fsp3) is 0.208. The van der Waals surface area contributed by atoms with Gasteiger partial charge in [0.2, 0.25) is 21.8 Å². The SMILES string of the molecule is COc1cc(OC)nc(Sc2cccc(Cl)c2C(=O)O)n1.Cc1nn(-c2cc(NS(C)(=O)=O)c(Cl)cc2Cl)c(=O)n1C(F)F. The number of benzene rings is 2. The Labute approximate surface area is 267 Å². The van der Waals surface area contributed by atoms with Crippen LogP contribution < -0.4 is 19.9 Å². The van der Waals surface area contributed by atoms with E-state index in [0.717, 1.165) is 24.1 Å². The number of rotatable bonds is 9. The molecule has 0 bridgehead atoms. The highest BCUT2D eigenvalue weighted by molar-refractivity contribution is 7.99. The normalized spacial score (nSPS) is 11.1. The second kappa shape index (κ2) is 14.4. The third kappa shape index (κ3) is 8.50. The van der Waals surface area contributed by atoms with Gasteiger partial charge >= 0.3 is 18.2 Å². The quantitative estimate of drug-likeness (QED) is 0.213. The van der Waals surface area contributed by atoms with Crippen LogP contribution in [0, 0.1) is 6.92 Å². The molecule has 0 amide bonds. The zero-order chi connectivity index (χ0) is 32.9. The Morgan fingerprint density at radius 3 is 2.16 bits per heavy atom. The number of aromatic nitrogens is 5. The number of carbonyl (C=O) groups is 1. The Bertz CT molecular complexity index is 1850. The fourth-order valence-electron chi connectivity index (χ4n) is 3.37. The minimum atomic E-state index is -3.65. The molecule has 0 saturated carbocycles. The van der Waals surface area contributed by atoms with Gasteiger partial charge in [-0.05, 0) is 43.0 Å². The van der Waals surface area contributed by atoms with Gasteiger partial charge in [0.25, 0.3) is 0 Å². The van der Waals surface area contributed by atoms with Crippen molar-refractivity contribution in [1.29, 1.82) is 0 Å². The zero-order valence-electron chi connectivity index (χ0n) is 22.9. The lowest BCUT2D eigenvalue weighted by atomic mass is 10.2. The highest BCUT2D eigenvalue weighted by Gasteiger charge is 2.21. The molecule has 4 aromatic rings. The third-order valence-electron chi connectivity index (χ3n) is 5.20. The molecule has 2 aromatic carbocycles. The smallest absolute Gasteiger partial charge is 0.355 e. The first-order chi connectivity index (χ1) is 20.6. The number of aryl methyl sites for hydroxylation is 1. The molecule has 0 aliphatic heterocycles. The third-order valence-corrected chi connectivity index (χ3v) is 7.65. The first kappa shape index (κ1) is 34.8. The van der Waals surface area contributed by atoms with Gasteiger partial charge in [-0.2, -0.15) is 23.4 Å². The van der Waals surface area contributed by atoms with Crippen LogP contribution in [-0.4, -0.2) is 64.3 Å². The first-order valence-electron chi connectivity index (χ1n) is 11.7. The lowest BCUT2D eigenvalue weighted by Gasteiger charge is -2.10. The predicted molar refractivity (Wildman–Crippen MR) is 160 cm³/mol. The second-order valence-corrected chi connectivity index (χ2v) is 12.3. The molecule has 2 aromatic heterocycles. The molecule has 4 rings (SSSR count). The molecule has 44 heavy (non-hydrogen) atoms. The standard InChI is InChI=1S/C13H11ClN2O4S.C11H10Cl2F2N4O3S/c1-19-9-6-10(20-2)16-13(15-9)21-8-5-3-4-7(14)11(8)12(17)18;1-5-16-19(11(20)18(5)10(14)15)9-4-8(17-23(2,21)22)6(12)3-7(9)13/h3-6H,1-2H3,(H,17,18);3-4,10,17H,1-2H3. The Balaban J connectivity index is 0.000000241. The topological polar surface area (TPSA) is 168 Å². The molecule has 0 atom stereocenters. The number of alkyl halides is 2. The monoisotopic (exact) mass is 712 g/mol. The average Bonchev–Trinajstić information content (AvgIpc) is 3.22. The average molecular weight is 714 g/mol. The number of sulfonamides is 1. The summed E-state index contributed by atoms with van der Waals surface area (Å²) >= 11 is 18.8. The largest absolute Gasteiger partial charge is 0.481 e. The number of halogens is 5. The van der Waals surface area contributed by atoms with Crippen molar-refractivity contribution in [2.75, 3.05) is 25.2 Å². The van der Waals surface area contributed by atoms with Crippen molar-refractivity contribution in [2.45, 2.75) is 23.5 Å². The van der Waals surface area contributed by atoms with E-state index in [2.05, 4.69) is 19.8 Å². The number of carboxylic acids is 1. The molecule has 13 nitrogen and oxygen atoms in total. The van der Waals surface area contributed by atoms with Crippen molar-refractivity contribution in [3.8, 4) is 17.4 Å². The summed E-state index contributed by atoms with van der Waals surface area (Å²) in [6.45, 7) is -1.85. The van der Waals surface area contributed by atoms with Crippen LogP contribution in [0.5, 0.6) is 11.8 Å². The Hall–Kier alpha value is -3.64. The van der Waals surface area contributed by atoms with Crippen LogP contribution in [0.2, 0.25) is 15.1 Å². The number of hydrogen-bond acceptors (Lipinski definition) is 10. The van der Waals surface area contributed by atoms with Gasteiger partial charge in [0.15, 0.2) is 5.16 Å². The number of carboxylic acid groups (broad SMARTS) is 1. The van der Waals surface area contributed by atoms with Crippen LogP contribution in [0.3, 0.4) is 0 Å². The number of hydrogen-bond donors (Lipinski definition) is 2. The summed E-state index contributed by atoms with van der Waals surface area (Å²) in [5.41, 5.74) is -1.26. The van der Waals surface area contributed by atoms with Crippen LogP contribution in [0.15, 0.2) is 51.2 Å².